The van der Waals surface area contributed by atoms with Crippen LogP contribution in [0.2, 0.25) is 0 Å². The Bertz CT molecular complexity index is 858. The number of fused-ring (bicyclic) bond motifs is 1. The molecule has 21 heavy (non-hydrogen) atoms. The van der Waals surface area contributed by atoms with E-state index in [9.17, 15) is 4.79 Å². The summed E-state index contributed by atoms with van der Waals surface area (Å²) in [5, 5.41) is 8.79. The fourth-order valence-corrected chi connectivity index (χ4v) is 2.74. The van der Waals surface area contributed by atoms with Gasteiger partial charge in [0.05, 0.1) is 11.9 Å². The highest BCUT2D eigenvalue weighted by molar-refractivity contribution is 5.76. The van der Waals surface area contributed by atoms with Gasteiger partial charge in [0.25, 0.3) is 5.56 Å². The number of nitrogens with zero attached hydrogens (tertiary/aromatic N) is 3. The molecule has 0 amide bonds. The minimum absolute atomic E-state index is 0.0972. The van der Waals surface area contributed by atoms with E-state index in [-0.39, 0.29) is 5.56 Å². The Labute approximate surface area is 123 Å². The van der Waals surface area contributed by atoms with E-state index in [0.717, 1.165) is 5.56 Å². The second kappa shape index (κ2) is 5.13. The van der Waals surface area contributed by atoms with Crippen molar-refractivity contribution >= 4 is 10.9 Å². The molecule has 106 valence electrons. The molecule has 0 aliphatic rings. The molecule has 2 aromatic carbocycles. The predicted octanol–water partition coefficient (Wildman–Crippen LogP) is 2.77. The normalized spacial score (nSPS) is 11.0. The van der Waals surface area contributed by atoms with Crippen LogP contribution in [0.3, 0.4) is 0 Å². The lowest BCUT2D eigenvalue weighted by Gasteiger charge is -2.12. The molecule has 0 bridgehead atoms. The lowest BCUT2D eigenvalue weighted by molar-refractivity contribution is 0.597. The predicted molar refractivity (Wildman–Crippen MR) is 83.6 cm³/mol. The van der Waals surface area contributed by atoms with Gasteiger partial charge in [-0.05, 0) is 49.6 Å². The first-order valence-electron chi connectivity index (χ1n) is 6.95. The number of aromatic nitrogens is 3. The molecule has 0 saturated heterocycles. The third-order valence-corrected chi connectivity index (χ3v) is 3.78. The largest absolute Gasteiger partial charge is 0.277 e. The molecule has 0 fully saturated rings. The first kappa shape index (κ1) is 13.5. The molecule has 0 spiro atoms. The zero-order chi connectivity index (χ0) is 15.0. The van der Waals surface area contributed by atoms with E-state index in [4.69, 9.17) is 0 Å². The van der Waals surface area contributed by atoms with Crippen molar-refractivity contribution in [2.24, 2.45) is 0 Å². The summed E-state index contributed by atoms with van der Waals surface area (Å²) in [6, 6.07) is 11.5. The molecule has 3 aromatic rings. The van der Waals surface area contributed by atoms with Gasteiger partial charge in [-0.25, -0.2) is 4.68 Å². The molecular weight excluding hydrogens is 262 g/mol. The van der Waals surface area contributed by atoms with Crippen LogP contribution in [-0.2, 0) is 6.54 Å². The van der Waals surface area contributed by atoms with Gasteiger partial charge in [0.2, 0.25) is 0 Å². The van der Waals surface area contributed by atoms with Gasteiger partial charge in [-0.3, -0.25) is 4.79 Å². The summed E-state index contributed by atoms with van der Waals surface area (Å²) in [6.45, 7) is 6.66. The van der Waals surface area contributed by atoms with Gasteiger partial charge in [-0.1, -0.05) is 35.0 Å². The molecule has 0 radical (unpaired) electrons. The Hall–Kier alpha value is -2.49. The van der Waals surface area contributed by atoms with Crippen LogP contribution in [0.4, 0.5) is 0 Å². The van der Waals surface area contributed by atoms with Crippen LogP contribution >= 0.6 is 0 Å². The van der Waals surface area contributed by atoms with E-state index in [2.05, 4.69) is 43.2 Å². The zero-order valence-electron chi connectivity index (χ0n) is 12.4. The summed E-state index contributed by atoms with van der Waals surface area (Å²) in [6.07, 6.45) is 0. The fraction of sp³-hybridized carbons (Fsp3) is 0.235. The van der Waals surface area contributed by atoms with Crippen molar-refractivity contribution in [3.8, 4) is 0 Å². The molecule has 1 heterocycles. The lowest BCUT2D eigenvalue weighted by atomic mass is 10.00. The van der Waals surface area contributed by atoms with Crippen molar-refractivity contribution in [2.45, 2.75) is 27.3 Å². The van der Waals surface area contributed by atoms with Crippen LogP contribution < -0.4 is 5.56 Å². The first-order chi connectivity index (χ1) is 10.1. The zero-order valence-corrected chi connectivity index (χ0v) is 12.4. The van der Waals surface area contributed by atoms with Crippen molar-refractivity contribution in [3.05, 3.63) is 69.0 Å². The standard InChI is InChI=1S/C17H17N3O/c1-11-8-12(2)15(13(3)9-11)10-20-17(21)14-6-4-5-7-16(14)18-19-20/h4-9H,10H2,1-3H3. The van der Waals surface area contributed by atoms with E-state index in [1.807, 2.05) is 12.1 Å². The molecule has 0 unspecified atom stereocenters. The highest BCUT2D eigenvalue weighted by Crippen LogP contribution is 2.17. The summed E-state index contributed by atoms with van der Waals surface area (Å²) >= 11 is 0. The lowest BCUT2D eigenvalue weighted by Crippen LogP contribution is -2.25. The van der Waals surface area contributed by atoms with Crippen molar-refractivity contribution in [3.63, 3.8) is 0 Å². The van der Waals surface area contributed by atoms with E-state index in [1.165, 1.54) is 21.4 Å². The second-order valence-corrected chi connectivity index (χ2v) is 5.45. The summed E-state index contributed by atoms with van der Waals surface area (Å²) in [4.78, 5) is 12.5. The van der Waals surface area contributed by atoms with Crippen LogP contribution in [0.25, 0.3) is 10.9 Å². The van der Waals surface area contributed by atoms with Gasteiger partial charge < -0.3 is 0 Å². The van der Waals surface area contributed by atoms with Gasteiger partial charge in [0, 0.05) is 0 Å². The van der Waals surface area contributed by atoms with Crippen LogP contribution in [-0.4, -0.2) is 15.0 Å². The number of hydrogen-bond acceptors (Lipinski definition) is 3. The van der Waals surface area contributed by atoms with E-state index in [0.29, 0.717) is 17.4 Å². The smallest absolute Gasteiger partial charge is 0.267 e. The molecule has 4 nitrogen and oxygen atoms in total. The third-order valence-electron chi connectivity index (χ3n) is 3.78. The molecule has 3 rings (SSSR count). The minimum Gasteiger partial charge on any atom is -0.267 e. The van der Waals surface area contributed by atoms with E-state index < -0.39 is 0 Å². The Kier molecular flexibility index (Phi) is 3.29. The average Bonchev–Trinajstić information content (AvgIpc) is 2.45. The Morgan fingerprint density at radius 2 is 1.71 bits per heavy atom. The average molecular weight is 279 g/mol. The molecule has 0 atom stereocenters. The monoisotopic (exact) mass is 279 g/mol. The van der Waals surface area contributed by atoms with Gasteiger partial charge in [-0.15, -0.1) is 5.10 Å². The number of aryl methyl sites for hydroxylation is 3. The highest BCUT2D eigenvalue weighted by Gasteiger charge is 2.09. The molecule has 0 saturated carbocycles. The maximum Gasteiger partial charge on any atom is 0.277 e. The highest BCUT2D eigenvalue weighted by atomic mass is 16.1. The summed E-state index contributed by atoms with van der Waals surface area (Å²) < 4.78 is 1.44. The van der Waals surface area contributed by atoms with Gasteiger partial charge in [-0.2, -0.15) is 0 Å². The molecule has 4 heteroatoms. The van der Waals surface area contributed by atoms with Crippen molar-refractivity contribution in [2.75, 3.05) is 0 Å². The van der Waals surface area contributed by atoms with Crippen LogP contribution in [0, 0.1) is 20.8 Å². The minimum atomic E-state index is -0.0972. The van der Waals surface area contributed by atoms with Gasteiger partial charge in [0.15, 0.2) is 0 Å². The molecular formula is C17H17N3O. The van der Waals surface area contributed by atoms with Crippen molar-refractivity contribution < 1.29 is 0 Å². The third kappa shape index (κ3) is 2.44. The molecule has 1 aromatic heterocycles. The van der Waals surface area contributed by atoms with Crippen molar-refractivity contribution in [1.29, 1.82) is 0 Å². The first-order valence-corrected chi connectivity index (χ1v) is 6.95. The van der Waals surface area contributed by atoms with Crippen LogP contribution in [0.15, 0.2) is 41.2 Å². The second-order valence-electron chi connectivity index (χ2n) is 5.45. The Balaban J connectivity index is 2.11. The SMILES string of the molecule is Cc1cc(C)c(Cn2nnc3ccccc3c2=O)c(C)c1. The van der Waals surface area contributed by atoms with E-state index >= 15 is 0 Å². The number of benzene rings is 2. The summed E-state index contributed by atoms with van der Waals surface area (Å²) in [5.41, 5.74) is 5.25. The quantitative estimate of drug-likeness (QED) is 0.724. The van der Waals surface area contributed by atoms with E-state index in [1.54, 1.807) is 12.1 Å². The number of hydrogen-bond donors (Lipinski definition) is 0. The van der Waals surface area contributed by atoms with Gasteiger partial charge in [0.1, 0.15) is 5.52 Å². The summed E-state index contributed by atoms with van der Waals surface area (Å²) in [5.74, 6) is 0. The Morgan fingerprint density at radius 1 is 1.05 bits per heavy atom. The van der Waals surface area contributed by atoms with Gasteiger partial charge >= 0.3 is 0 Å². The maximum absolute atomic E-state index is 12.5. The number of rotatable bonds is 2. The summed E-state index contributed by atoms with van der Waals surface area (Å²) in [7, 11) is 0. The van der Waals surface area contributed by atoms with Crippen LogP contribution in [0.1, 0.15) is 22.3 Å². The maximum atomic E-state index is 12.5. The Morgan fingerprint density at radius 3 is 2.43 bits per heavy atom. The topological polar surface area (TPSA) is 47.8 Å². The molecule has 0 N–H and O–H groups in total. The molecule has 0 aliphatic heterocycles. The fourth-order valence-electron chi connectivity index (χ4n) is 2.74. The van der Waals surface area contributed by atoms with Crippen LogP contribution in [0.5, 0.6) is 0 Å². The molecule has 0 aliphatic carbocycles. The van der Waals surface area contributed by atoms with Crippen molar-refractivity contribution in [1.82, 2.24) is 15.0 Å².